The molecule has 8 heteroatoms. The van der Waals surface area contributed by atoms with Crippen LogP contribution in [0.4, 0.5) is 0 Å². The van der Waals surface area contributed by atoms with E-state index in [1.165, 1.54) is 11.8 Å². The second-order valence-corrected chi connectivity index (χ2v) is 8.65. The number of amides is 2. The fourth-order valence-electron chi connectivity index (χ4n) is 3.34. The van der Waals surface area contributed by atoms with E-state index in [1.54, 1.807) is 11.3 Å². The van der Waals surface area contributed by atoms with Crippen molar-refractivity contribution in [2.75, 3.05) is 18.8 Å². The molecule has 3 heterocycles. The molecule has 2 aromatic heterocycles. The highest BCUT2D eigenvalue weighted by molar-refractivity contribution is 7.99. The quantitative estimate of drug-likeness (QED) is 0.649. The number of benzene rings is 1. The van der Waals surface area contributed by atoms with Crippen molar-refractivity contribution in [1.82, 2.24) is 15.4 Å². The topological polar surface area (TPSA) is 75.4 Å². The van der Waals surface area contributed by atoms with Crippen molar-refractivity contribution in [2.45, 2.75) is 18.2 Å². The summed E-state index contributed by atoms with van der Waals surface area (Å²) < 4.78 is 5.39. The third-order valence-electron chi connectivity index (χ3n) is 4.73. The van der Waals surface area contributed by atoms with Gasteiger partial charge < -0.3 is 14.7 Å². The molecule has 0 saturated carbocycles. The van der Waals surface area contributed by atoms with Gasteiger partial charge in [-0.05, 0) is 17.0 Å². The number of hydrogen-bond acceptors (Lipinski definition) is 6. The molecule has 1 atom stereocenters. The summed E-state index contributed by atoms with van der Waals surface area (Å²) in [5.74, 6) is 1.69. The van der Waals surface area contributed by atoms with Gasteiger partial charge in [0.05, 0.1) is 28.8 Å². The van der Waals surface area contributed by atoms with Crippen LogP contribution in [0.5, 0.6) is 0 Å². The monoisotopic (exact) mass is 427 g/mol. The highest BCUT2D eigenvalue weighted by atomic mass is 32.2. The van der Waals surface area contributed by atoms with Crippen LogP contribution in [0.1, 0.15) is 23.7 Å². The molecular formula is C21H21N3O3S2. The molecule has 2 amide bonds. The molecule has 1 fully saturated rings. The van der Waals surface area contributed by atoms with Gasteiger partial charge in [-0.1, -0.05) is 41.6 Å². The molecular weight excluding hydrogens is 406 g/mol. The van der Waals surface area contributed by atoms with Crippen LogP contribution in [-0.4, -0.2) is 40.7 Å². The van der Waals surface area contributed by atoms with E-state index in [0.717, 1.165) is 21.9 Å². The lowest BCUT2D eigenvalue weighted by atomic mass is 10.0. The molecule has 29 heavy (non-hydrogen) atoms. The zero-order chi connectivity index (χ0) is 20.1. The normalized spacial score (nSPS) is 17.0. The van der Waals surface area contributed by atoms with Gasteiger partial charge in [0.1, 0.15) is 0 Å². The van der Waals surface area contributed by atoms with Crippen LogP contribution in [0.25, 0.3) is 10.6 Å². The molecule has 1 aliphatic rings. The Bertz CT molecular complexity index is 957. The third kappa shape index (κ3) is 4.89. The molecule has 1 saturated heterocycles. The summed E-state index contributed by atoms with van der Waals surface area (Å²) in [5.41, 5.74) is 1.80. The van der Waals surface area contributed by atoms with Gasteiger partial charge in [0.25, 0.3) is 0 Å². The minimum Gasteiger partial charge on any atom is -0.355 e. The number of hydrogen-bond donors (Lipinski definition) is 1. The van der Waals surface area contributed by atoms with E-state index in [4.69, 9.17) is 4.52 Å². The first-order valence-corrected chi connectivity index (χ1v) is 11.4. The van der Waals surface area contributed by atoms with E-state index in [9.17, 15) is 9.59 Å². The fourth-order valence-corrected chi connectivity index (χ4v) is 4.80. The van der Waals surface area contributed by atoms with Crippen molar-refractivity contribution < 1.29 is 14.1 Å². The minimum atomic E-state index is -0.232. The molecule has 1 aromatic carbocycles. The summed E-state index contributed by atoms with van der Waals surface area (Å²) in [7, 11) is 0. The van der Waals surface area contributed by atoms with E-state index < -0.39 is 0 Å². The zero-order valence-electron chi connectivity index (χ0n) is 15.7. The van der Waals surface area contributed by atoms with Crippen molar-refractivity contribution in [3.8, 4) is 10.6 Å². The fraction of sp³-hybridized carbons (Fsp3) is 0.286. The summed E-state index contributed by atoms with van der Waals surface area (Å²) in [5, 5.41) is 8.96. The summed E-state index contributed by atoms with van der Waals surface area (Å²) in [6.45, 7) is 0.989. The highest BCUT2D eigenvalue weighted by Gasteiger charge is 2.29. The van der Waals surface area contributed by atoms with Crippen LogP contribution in [0.3, 0.4) is 0 Å². The number of carbonyl (C=O) groups excluding carboxylic acids is 2. The van der Waals surface area contributed by atoms with Gasteiger partial charge in [0.2, 0.25) is 11.8 Å². The SMILES string of the molecule is O=C1CC(c2ccccc2)N(C(=O)CSCc2cc(-c3cccs3)on2)CCN1. The molecule has 3 aromatic rings. The Hall–Kier alpha value is -2.58. The lowest BCUT2D eigenvalue weighted by molar-refractivity contribution is -0.131. The predicted molar refractivity (Wildman–Crippen MR) is 115 cm³/mol. The molecule has 4 rings (SSSR count). The van der Waals surface area contributed by atoms with Gasteiger partial charge in [-0.25, -0.2) is 0 Å². The first kappa shape index (κ1) is 19.7. The maximum absolute atomic E-state index is 12.9. The molecule has 6 nitrogen and oxygen atoms in total. The third-order valence-corrected chi connectivity index (χ3v) is 6.57. The van der Waals surface area contributed by atoms with Gasteiger partial charge in [0, 0.05) is 24.9 Å². The Morgan fingerprint density at radius 1 is 1.28 bits per heavy atom. The van der Waals surface area contributed by atoms with E-state index in [0.29, 0.717) is 24.6 Å². The molecule has 1 unspecified atom stereocenters. The number of rotatable bonds is 6. The van der Waals surface area contributed by atoms with E-state index in [1.807, 2.05) is 58.8 Å². The Morgan fingerprint density at radius 3 is 2.93 bits per heavy atom. The van der Waals surface area contributed by atoms with Gasteiger partial charge >= 0.3 is 0 Å². The molecule has 1 N–H and O–H groups in total. The van der Waals surface area contributed by atoms with Crippen molar-refractivity contribution >= 4 is 34.9 Å². The number of nitrogens with zero attached hydrogens (tertiary/aromatic N) is 2. The molecule has 150 valence electrons. The van der Waals surface area contributed by atoms with Crippen molar-refractivity contribution in [1.29, 1.82) is 0 Å². The van der Waals surface area contributed by atoms with E-state index >= 15 is 0 Å². The zero-order valence-corrected chi connectivity index (χ0v) is 17.4. The van der Waals surface area contributed by atoms with Gasteiger partial charge in [-0.3, -0.25) is 9.59 Å². The Balaban J connectivity index is 1.38. The van der Waals surface area contributed by atoms with Crippen molar-refractivity contribution in [3.05, 3.63) is 65.2 Å². The first-order valence-electron chi connectivity index (χ1n) is 9.39. The van der Waals surface area contributed by atoms with Crippen molar-refractivity contribution in [2.24, 2.45) is 0 Å². The highest BCUT2D eigenvalue weighted by Crippen LogP contribution is 2.28. The Morgan fingerprint density at radius 2 is 2.14 bits per heavy atom. The number of aromatic nitrogens is 1. The van der Waals surface area contributed by atoms with E-state index in [-0.39, 0.29) is 24.3 Å². The average Bonchev–Trinajstić information content (AvgIpc) is 3.39. The lowest BCUT2D eigenvalue weighted by Crippen LogP contribution is -2.37. The summed E-state index contributed by atoms with van der Waals surface area (Å²) in [4.78, 5) is 27.9. The summed E-state index contributed by atoms with van der Waals surface area (Å²) in [6.07, 6.45) is 0.286. The minimum absolute atomic E-state index is 0.0227. The Labute approximate surface area is 177 Å². The largest absolute Gasteiger partial charge is 0.355 e. The maximum atomic E-state index is 12.9. The molecule has 1 aliphatic heterocycles. The predicted octanol–water partition coefficient (Wildman–Crippen LogP) is 3.73. The van der Waals surface area contributed by atoms with Gasteiger partial charge in [-0.15, -0.1) is 23.1 Å². The second-order valence-electron chi connectivity index (χ2n) is 6.72. The Kier molecular flexibility index (Phi) is 6.31. The number of thiophene rings is 1. The molecule has 0 bridgehead atoms. The first-order chi connectivity index (χ1) is 14.2. The smallest absolute Gasteiger partial charge is 0.233 e. The number of nitrogens with one attached hydrogen (secondary N) is 1. The standard InChI is InChI=1S/C21H21N3O3S2/c25-20-12-17(15-5-2-1-3-6-15)24(9-8-22-20)21(26)14-28-13-16-11-18(27-23-16)19-7-4-10-29-19/h1-7,10-11,17H,8-9,12-14H2,(H,22,25). The summed E-state index contributed by atoms with van der Waals surface area (Å²) in [6, 6.07) is 15.4. The second kappa shape index (κ2) is 9.28. The van der Waals surface area contributed by atoms with Gasteiger partial charge in [-0.2, -0.15) is 0 Å². The lowest BCUT2D eigenvalue weighted by Gasteiger charge is -2.29. The molecule has 0 spiro atoms. The van der Waals surface area contributed by atoms with Crippen LogP contribution in [0.15, 0.2) is 58.4 Å². The summed E-state index contributed by atoms with van der Waals surface area (Å²) >= 11 is 3.11. The molecule has 0 radical (unpaired) electrons. The number of thioether (sulfide) groups is 1. The van der Waals surface area contributed by atoms with Crippen LogP contribution in [-0.2, 0) is 15.3 Å². The van der Waals surface area contributed by atoms with Crippen LogP contribution in [0.2, 0.25) is 0 Å². The number of carbonyl (C=O) groups is 2. The van der Waals surface area contributed by atoms with Crippen LogP contribution >= 0.6 is 23.1 Å². The average molecular weight is 428 g/mol. The van der Waals surface area contributed by atoms with Crippen LogP contribution in [0, 0.1) is 0 Å². The van der Waals surface area contributed by atoms with Gasteiger partial charge in [0.15, 0.2) is 5.76 Å². The van der Waals surface area contributed by atoms with E-state index in [2.05, 4.69) is 10.5 Å². The maximum Gasteiger partial charge on any atom is 0.233 e. The molecule has 0 aliphatic carbocycles. The van der Waals surface area contributed by atoms with Crippen LogP contribution < -0.4 is 5.32 Å². The van der Waals surface area contributed by atoms with Crippen molar-refractivity contribution in [3.63, 3.8) is 0 Å².